The van der Waals surface area contributed by atoms with Crippen LogP contribution >= 0.6 is 11.3 Å². The van der Waals surface area contributed by atoms with Gasteiger partial charge < -0.3 is 9.84 Å². The summed E-state index contributed by atoms with van der Waals surface area (Å²) in [6, 6.07) is 10.2. The minimum Gasteiger partial charge on any atom is -0.493 e. The van der Waals surface area contributed by atoms with Crippen molar-refractivity contribution in [1.82, 2.24) is 0 Å². The van der Waals surface area contributed by atoms with Crippen LogP contribution < -0.4 is 4.74 Å². The van der Waals surface area contributed by atoms with Gasteiger partial charge in [-0.15, -0.1) is 11.3 Å². The van der Waals surface area contributed by atoms with Gasteiger partial charge in [0.15, 0.2) is 0 Å². The Morgan fingerprint density at radius 1 is 1.32 bits per heavy atom. The fourth-order valence-corrected chi connectivity index (χ4v) is 3.82. The first kappa shape index (κ1) is 12.7. The zero-order valence-corrected chi connectivity index (χ0v) is 12.0. The van der Waals surface area contributed by atoms with E-state index in [1.807, 2.05) is 18.2 Å². The fraction of sp³-hybridized carbons (Fsp3) is 0.375. The average molecular weight is 274 g/mol. The number of hydrogen-bond acceptors (Lipinski definition) is 3. The molecular weight excluding hydrogens is 256 g/mol. The van der Waals surface area contributed by atoms with Crippen molar-refractivity contribution in [2.75, 3.05) is 6.61 Å². The Hall–Kier alpha value is -1.32. The van der Waals surface area contributed by atoms with Crippen LogP contribution in [0.1, 0.15) is 39.3 Å². The molecule has 3 rings (SSSR count). The molecule has 0 saturated heterocycles. The average Bonchev–Trinajstić information content (AvgIpc) is 2.76. The summed E-state index contributed by atoms with van der Waals surface area (Å²) in [6.45, 7) is 4.86. The van der Waals surface area contributed by atoms with Crippen LogP contribution in [0, 0.1) is 13.8 Å². The predicted molar refractivity (Wildman–Crippen MR) is 78.0 cm³/mol. The highest BCUT2D eigenvalue weighted by molar-refractivity contribution is 7.12. The van der Waals surface area contributed by atoms with Gasteiger partial charge in [-0.2, -0.15) is 0 Å². The zero-order valence-electron chi connectivity index (χ0n) is 11.2. The third-order valence-corrected chi connectivity index (χ3v) is 4.77. The first-order valence-electron chi connectivity index (χ1n) is 6.63. The molecule has 1 aromatic heterocycles. The highest BCUT2D eigenvalue weighted by Gasteiger charge is 2.29. The van der Waals surface area contributed by atoms with Crippen molar-refractivity contribution in [2.24, 2.45) is 0 Å². The van der Waals surface area contributed by atoms with Gasteiger partial charge in [0.1, 0.15) is 5.75 Å². The molecule has 2 nitrogen and oxygen atoms in total. The molecule has 0 saturated carbocycles. The second-order valence-corrected chi connectivity index (χ2v) is 6.56. The zero-order chi connectivity index (χ0) is 13.4. The maximum atomic E-state index is 10.7. The molecule has 2 heterocycles. The van der Waals surface area contributed by atoms with Crippen molar-refractivity contribution < 1.29 is 9.84 Å². The summed E-state index contributed by atoms with van der Waals surface area (Å²) < 4.78 is 5.67. The fourth-order valence-electron chi connectivity index (χ4n) is 2.86. The molecule has 0 fully saturated rings. The Balaban J connectivity index is 1.97. The smallest absolute Gasteiger partial charge is 0.122 e. The minimum atomic E-state index is -0.435. The molecule has 2 aromatic rings. The summed E-state index contributed by atoms with van der Waals surface area (Å²) in [5.41, 5.74) is 2.20. The van der Waals surface area contributed by atoms with Gasteiger partial charge in [0.05, 0.1) is 12.7 Å². The van der Waals surface area contributed by atoms with E-state index in [1.165, 1.54) is 9.75 Å². The van der Waals surface area contributed by atoms with Gasteiger partial charge >= 0.3 is 0 Å². The predicted octanol–water partition coefficient (Wildman–Crippen LogP) is 3.96. The molecule has 0 aliphatic carbocycles. The van der Waals surface area contributed by atoms with Gasteiger partial charge in [0.25, 0.3) is 0 Å². The van der Waals surface area contributed by atoms with Crippen LogP contribution in [0.3, 0.4) is 0 Å². The van der Waals surface area contributed by atoms with Gasteiger partial charge in [0, 0.05) is 21.2 Å². The van der Waals surface area contributed by atoms with E-state index in [0.29, 0.717) is 6.61 Å². The highest BCUT2D eigenvalue weighted by Crippen LogP contribution is 2.43. The summed E-state index contributed by atoms with van der Waals surface area (Å²) in [6.07, 6.45) is 0.432. The molecule has 2 unspecified atom stereocenters. The van der Waals surface area contributed by atoms with Gasteiger partial charge in [-0.05, 0) is 38.0 Å². The topological polar surface area (TPSA) is 29.5 Å². The van der Waals surface area contributed by atoms with Crippen LogP contribution in [-0.2, 0) is 0 Å². The molecule has 1 aliphatic heterocycles. The van der Waals surface area contributed by atoms with Crippen molar-refractivity contribution in [2.45, 2.75) is 32.3 Å². The molecule has 3 heteroatoms. The second kappa shape index (κ2) is 4.99. The lowest BCUT2D eigenvalue weighted by atomic mass is 9.85. The molecule has 1 N–H and O–H groups in total. The third-order valence-electron chi connectivity index (χ3n) is 3.78. The summed E-state index contributed by atoms with van der Waals surface area (Å²) in [4.78, 5) is 2.47. The van der Waals surface area contributed by atoms with Crippen molar-refractivity contribution in [3.05, 3.63) is 51.2 Å². The van der Waals surface area contributed by atoms with E-state index in [9.17, 15) is 5.11 Å². The first-order valence-corrected chi connectivity index (χ1v) is 7.45. The summed E-state index contributed by atoms with van der Waals surface area (Å²) in [7, 11) is 0. The third kappa shape index (κ3) is 2.28. The first-order chi connectivity index (χ1) is 9.16. The second-order valence-electron chi connectivity index (χ2n) is 5.09. The molecule has 2 atom stereocenters. The number of rotatable bonds is 2. The molecule has 100 valence electrons. The lowest BCUT2D eigenvalue weighted by molar-refractivity contribution is 0.117. The monoisotopic (exact) mass is 274 g/mol. The van der Waals surface area contributed by atoms with Crippen LogP contribution in [0.5, 0.6) is 5.75 Å². The van der Waals surface area contributed by atoms with Crippen LogP contribution in [0.2, 0.25) is 0 Å². The molecule has 0 spiro atoms. The molecule has 0 radical (unpaired) electrons. The highest BCUT2D eigenvalue weighted by atomic mass is 32.1. The number of hydrogen-bond donors (Lipinski definition) is 1. The number of aryl methyl sites for hydroxylation is 2. The van der Waals surface area contributed by atoms with Crippen molar-refractivity contribution >= 4 is 11.3 Å². The number of fused-ring (bicyclic) bond motifs is 1. The van der Waals surface area contributed by atoms with E-state index >= 15 is 0 Å². The lowest BCUT2D eigenvalue weighted by Crippen LogP contribution is -2.20. The Morgan fingerprint density at radius 3 is 2.84 bits per heavy atom. The van der Waals surface area contributed by atoms with Gasteiger partial charge in [-0.3, -0.25) is 0 Å². The molecular formula is C16H18O2S. The molecule has 0 bridgehead atoms. The van der Waals surface area contributed by atoms with Gasteiger partial charge in [-0.1, -0.05) is 18.2 Å². The van der Waals surface area contributed by atoms with Crippen LogP contribution in [0.25, 0.3) is 0 Å². The number of thiophene rings is 1. The molecule has 1 aliphatic rings. The largest absolute Gasteiger partial charge is 0.493 e. The molecule has 0 amide bonds. The number of ether oxygens (including phenoxy) is 1. The maximum absolute atomic E-state index is 10.7. The standard InChI is InChI=1S/C16H18O2S/c1-10-9-14(11(2)19-10)16(17)13-7-8-18-15-6-4-3-5-12(13)15/h3-6,9,13,16-17H,7-8H2,1-2H3. The Bertz CT molecular complexity index is 588. The van der Waals surface area contributed by atoms with E-state index in [0.717, 1.165) is 23.3 Å². The molecule has 19 heavy (non-hydrogen) atoms. The van der Waals surface area contributed by atoms with Crippen molar-refractivity contribution in [3.63, 3.8) is 0 Å². The number of para-hydroxylation sites is 1. The van der Waals surface area contributed by atoms with Crippen LogP contribution in [0.15, 0.2) is 30.3 Å². The summed E-state index contributed by atoms with van der Waals surface area (Å²) >= 11 is 1.75. The van der Waals surface area contributed by atoms with Crippen LogP contribution in [0.4, 0.5) is 0 Å². The Labute approximate surface area is 117 Å². The lowest BCUT2D eigenvalue weighted by Gasteiger charge is -2.29. The van der Waals surface area contributed by atoms with Crippen LogP contribution in [-0.4, -0.2) is 11.7 Å². The molecule has 1 aromatic carbocycles. The van der Waals surface area contributed by atoms with E-state index in [-0.39, 0.29) is 5.92 Å². The van der Waals surface area contributed by atoms with Crippen molar-refractivity contribution in [1.29, 1.82) is 0 Å². The number of benzene rings is 1. The van der Waals surface area contributed by atoms with Gasteiger partial charge in [0.2, 0.25) is 0 Å². The normalized spacial score (nSPS) is 19.6. The quantitative estimate of drug-likeness (QED) is 0.898. The van der Waals surface area contributed by atoms with E-state index in [2.05, 4.69) is 26.0 Å². The Morgan fingerprint density at radius 2 is 2.11 bits per heavy atom. The minimum absolute atomic E-state index is 0.137. The number of aliphatic hydroxyl groups excluding tert-OH is 1. The van der Waals surface area contributed by atoms with E-state index < -0.39 is 6.10 Å². The SMILES string of the molecule is Cc1cc(C(O)C2CCOc3ccccc32)c(C)s1. The summed E-state index contributed by atoms with van der Waals surface area (Å²) in [5, 5.41) is 10.7. The Kier molecular flexibility index (Phi) is 3.33. The summed E-state index contributed by atoms with van der Waals surface area (Å²) in [5.74, 6) is 1.06. The van der Waals surface area contributed by atoms with E-state index in [1.54, 1.807) is 11.3 Å². The van der Waals surface area contributed by atoms with E-state index in [4.69, 9.17) is 4.74 Å². The number of aliphatic hydroxyl groups is 1. The van der Waals surface area contributed by atoms with Gasteiger partial charge in [-0.25, -0.2) is 0 Å². The van der Waals surface area contributed by atoms with Crippen molar-refractivity contribution in [3.8, 4) is 5.75 Å². The maximum Gasteiger partial charge on any atom is 0.122 e.